The second-order valence-corrected chi connectivity index (χ2v) is 2.76. The van der Waals surface area contributed by atoms with Gasteiger partial charge in [-0.25, -0.2) is 10.2 Å². The van der Waals surface area contributed by atoms with Crippen LogP contribution in [0.25, 0.3) is 0 Å². The fraction of sp³-hybridized carbons (Fsp3) is 0.250. The summed E-state index contributed by atoms with van der Waals surface area (Å²) < 4.78 is 4.81. The van der Waals surface area contributed by atoms with Crippen molar-refractivity contribution in [3.63, 3.8) is 0 Å². The van der Waals surface area contributed by atoms with Crippen LogP contribution in [0.1, 0.15) is 10.6 Å². The largest absolute Gasteiger partial charge is 0.459 e. The Bertz CT molecular complexity index is 319. The lowest BCUT2D eigenvalue weighted by Crippen LogP contribution is -2.46. The minimum Gasteiger partial charge on any atom is -0.459 e. The molecule has 0 radical (unpaired) electrons. The Hall–Kier alpha value is -1.98. The molecule has 0 aromatic carbocycles. The van der Waals surface area contributed by atoms with Crippen molar-refractivity contribution in [3.05, 3.63) is 24.2 Å². The third-order valence-corrected chi connectivity index (χ3v) is 1.43. The topological polar surface area (TPSA) is 74.6 Å². The van der Waals surface area contributed by atoms with Crippen LogP contribution in [-0.2, 0) is 0 Å². The van der Waals surface area contributed by atoms with Gasteiger partial charge in [0.1, 0.15) is 0 Å². The standard InChI is InChI=1S/C8H11N3O3/c1-11(2)8(13)10-9-7(12)6-4-3-5-14-6/h3-5H,1-2H3,(H,9,12)(H,10,13). The summed E-state index contributed by atoms with van der Waals surface area (Å²) in [6, 6.07) is 2.67. The normalized spacial score (nSPS) is 9.29. The molecular formula is C8H11N3O3. The molecule has 1 aromatic rings. The Balaban J connectivity index is 2.40. The number of nitrogens with zero attached hydrogens (tertiary/aromatic N) is 1. The maximum atomic E-state index is 11.2. The molecule has 3 amide bonds. The van der Waals surface area contributed by atoms with E-state index in [-0.39, 0.29) is 5.76 Å². The van der Waals surface area contributed by atoms with Crippen molar-refractivity contribution in [1.29, 1.82) is 0 Å². The lowest BCUT2D eigenvalue weighted by atomic mass is 10.4. The maximum absolute atomic E-state index is 11.2. The minimum absolute atomic E-state index is 0.143. The van der Waals surface area contributed by atoms with Gasteiger partial charge in [-0.1, -0.05) is 0 Å². The van der Waals surface area contributed by atoms with E-state index in [9.17, 15) is 9.59 Å². The summed E-state index contributed by atoms with van der Waals surface area (Å²) in [6.07, 6.45) is 1.38. The number of nitrogens with one attached hydrogen (secondary N) is 2. The molecule has 6 heteroatoms. The molecule has 6 nitrogen and oxygen atoms in total. The quantitative estimate of drug-likeness (QED) is 0.631. The highest BCUT2D eigenvalue weighted by molar-refractivity contribution is 5.92. The van der Waals surface area contributed by atoms with Gasteiger partial charge in [-0.3, -0.25) is 10.2 Å². The second-order valence-electron chi connectivity index (χ2n) is 2.76. The van der Waals surface area contributed by atoms with Crippen molar-refractivity contribution >= 4 is 11.9 Å². The van der Waals surface area contributed by atoms with Crippen LogP contribution in [-0.4, -0.2) is 30.9 Å². The SMILES string of the molecule is CN(C)C(=O)NNC(=O)c1ccco1. The second kappa shape index (κ2) is 4.31. The fourth-order valence-corrected chi connectivity index (χ4v) is 0.691. The molecule has 0 saturated carbocycles. The third kappa shape index (κ3) is 2.51. The van der Waals surface area contributed by atoms with Crippen LogP contribution in [0.4, 0.5) is 4.79 Å². The molecule has 0 aliphatic heterocycles. The number of carbonyl (C=O) groups excluding carboxylic acids is 2. The van der Waals surface area contributed by atoms with E-state index in [4.69, 9.17) is 4.42 Å². The third-order valence-electron chi connectivity index (χ3n) is 1.43. The zero-order chi connectivity index (χ0) is 10.6. The highest BCUT2D eigenvalue weighted by atomic mass is 16.3. The van der Waals surface area contributed by atoms with E-state index in [1.807, 2.05) is 0 Å². The van der Waals surface area contributed by atoms with Crippen molar-refractivity contribution < 1.29 is 14.0 Å². The highest BCUT2D eigenvalue weighted by Gasteiger charge is 2.09. The first-order valence-electron chi connectivity index (χ1n) is 3.92. The molecule has 0 atom stereocenters. The van der Waals surface area contributed by atoms with Gasteiger partial charge in [0.15, 0.2) is 5.76 Å². The molecule has 14 heavy (non-hydrogen) atoms. The van der Waals surface area contributed by atoms with Gasteiger partial charge >= 0.3 is 11.9 Å². The molecule has 0 spiro atoms. The summed E-state index contributed by atoms with van der Waals surface area (Å²) in [5, 5.41) is 0. The Morgan fingerprint density at radius 1 is 1.36 bits per heavy atom. The Morgan fingerprint density at radius 2 is 2.07 bits per heavy atom. The molecule has 2 N–H and O–H groups in total. The fourth-order valence-electron chi connectivity index (χ4n) is 0.691. The van der Waals surface area contributed by atoms with Crippen LogP contribution in [0.3, 0.4) is 0 Å². The first-order valence-corrected chi connectivity index (χ1v) is 3.92. The average molecular weight is 197 g/mol. The summed E-state index contributed by atoms with van der Waals surface area (Å²) in [5.74, 6) is -0.353. The van der Waals surface area contributed by atoms with E-state index in [1.165, 1.54) is 17.2 Å². The van der Waals surface area contributed by atoms with Crippen LogP contribution >= 0.6 is 0 Å². The Morgan fingerprint density at radius 3 is 2.57 bits per heavy atom. The number of hydrogen-bond acceptors (Lipinski definition) is 3. The number of hydrazine groups is 1. The maximum Gasteiger partial charge on any atom is 0.335 e. The van der Waals surface area contributed by atoms with E-state index in [1.54, 1.807) is 20.2 Å². The van der Waals surface area contributed by atoms with Crippen molar-refractivity contribution in [2.75, 3.05) is 14.1 Å². The minimum atomic E-state index is -0.495. The van der Waals surface area contributed by atoms with Gasteiger partial charge in [0.2, 0.25) is 0 Å². The first kappa shape index (κ1) is 10.1. The van der Waals surface area contributed by atoms with Gasteiger partial charge in [-0.2, -0.15) is 0 Å². The van der Waals surface area contributed by atoms with Gasteiger partial charge in [0, 0.05) is 14.1 Å². The first-order chi connectivity index (χ1) is 6.61. The monoisotopic (exact) mass is 197 g/mol. The average Bonchev–Trinajstić information content (AvgIpc) is 2.66. The van der Waals surface area contributed by atoms with Crippen LogP contribution in [0.2, 0.25) is 0 Å². The molecule has 0 saturated heterocycles. The van der Waals surface area contributed by atoms with Crippen molar-refractivity contribution in [1.82, 2.24) is 15.8 Å². The van der Waals surface area contributed by atoms with Crippen LogP contribution < -0.4 is 10.9 Å². The van der Waals surface area contributed by atoms with Gasteiger partial charge in [0.05, 0.1) is 6.26 Å². The molecule has 0 fully saturated rings. The summed E-state index contributed by atoms with van der Waals surface area (Å²) in [7, 11) is 3.13. The molecule has 1 aromatic heterocycles. The van der Waals surface area contributed by atoms with Crippen LogP contribution in [0.5, 0.6) is 0 Å². The zero-order valence-corrected chi connectivity index (χ0v) is 7.90. The number of carbonyl (C=O) groups is 2. The number of furan rings is 1. The van der Waals surface area contributed by atoms with E-state index >= 15 is 0 Å². The molecule has 0 aliphatic carbocycles. The molecule has 0 aliphatic rings. The van der Waals surface area contributed by atoms with Gasteiger partial charge in [-0.15, -0.1) is 0 Å². The summed E-state index contributed by atoms with van der Waals surface area (Å²) in [4.78, 5) is 23.5. The lowest BCUT2D eigenvalue weighted by molar-refractivity contribution is 0.0905. The molecule has 0 unspecified atom stereocenters. The zero-order valence-electron chi connectivity index (χ0n) is 7.90. The number of amides is 3. The number of rotatable bonds is 1. The Labute approximate surface area is 80.8 Å². The molecule has 76 valence electrons. The summed E-state index contributed by atoms with van der Waals surface area (Å²) in [6.45, 7) is 0. The smallest absolute Gasteiger partial charge is 0.335 e. The molecule has 0 bridgehead atoms. The molecular weight excluding hydrogens is 186 g/mol. The van der Waals surface area contributed by atoms with E-state index in [0.717, 1.165) is 0 Å². The van der Waals surface area contributed by atoms with Crippen LogP contribution in [0.15, 0.2) is 22.8 Å². The van der Waals surface area contributed by atoms with Crippen molar-refractivity contribution in [3.8, 4) is 0 Å². The van der Waals surface area contributed by atoms with E-state index in [2.05, 4.69) is 10.9 Å². The predicted octanol–water partition coefficient (Wildman–Crippen LogP) is 0.196. The predicted molar refractivity (Wildman–Crippen MR) is 48.4 cm³/mol. The molecule has 1 rings (SSSR count). The lowest BCUT2D eigenvalue weighted by Gasteiger charge is -2.11. The van der Waals surface area contributed by atoms with Gasteiger partial charge in [0.25, 0.3) is 0 Å². The van der Waals surface area contributed by atoms with Gasteiger partial charge < -0.3 is 9.32 Å². The Kier molecular flexibility index (Phi) is 3.11. The highest BCUT2D eigenvalue weighted by Crippen LogP contribution is 1.97. The number of hydrogen-bond donors (Lipinski definition) is 2. The van der Waals surface area contributed by atoms with Crippen molar-refractivity contribution in [2.45, 2.75) is 0 Å². The van der Waals surface area contributed by atoms with E-state index < -0.39 is 11.9 Å². The van der Waals surface area contributed by atoms with Gasteiger partial charge in [-0.05, 0) is 12.1 Å². The number of urea groups is 1. The molecule has 1 heterocycles. The van der Waals surface area contributed by atoms with E-state index in [0.29, 0.717) is 0 Å². The summed E-state index contributed by atoms with van der Waals surface area (Å²) in [5.41, 5.74) is 4.39. The van der Waals surface area contributed by atoms with Crippen LogP contribution in [0, 0.1) is 0 Å². The van der Waals surface area contributed by atoms with Crippen molar-refractivity contribution in [2.24, 2.45) is 0 Å². The summed E-state index contributed by atoms with van der Waals surface area (Å²) >= 11 is 0.